The molecule has 1 aromatic carbocycles. The van der Waals surface area contributed by atoms with Crippen LogP contribution in [0.2, 0.25) is 0 Å². The Hall–Kier alpha value is -0.960. The van der Waals surface area contributed by atoms with Crippen molar-refractivity contribution in [2.75, 3.05) is 31.8 Å². The van der Waals surface area contributed by atoms with E-state index >= 15 is 0 Å². The molecule has 0 aromatic heterocycles. The van der Waals surface area contributed by atoms with Gasteiger partial charge >= 0.3 is 0 Å². The Morgan fingerprint density at radius 1 is 1.22 bits per heavy atom. The Kier molecular flexibility index (Phi) is 5.83. The van der Waals surface area contributed by atoms with Crippen LogP contribution in [0.5, 0.6) is 0 Å². The highest BCUT2D eigenvalue weighted by molar-refractivity contribution is 7.96. The van der Waals surface area contributed by atoms with Gasteiger partial charge in [0.05, 0.1) is 28.3 Å². The number of ether oxygens (including phenoxy) is 1. The van der Waals surface area contributed by atoms with E-state index in [4.69, 9.17) is 4.74 Å². The zero-order chi connectivity index (χ0) is 17.1. The van der Waals surface area contributed by atoms with Crippen LogP contribution in [-0.2, 0) is 30.8 Å². The molecule has 6 nitrogen and oxygen atoms in total. The van der Waals surface area contributed by atoms with Gasteiger partial charge in [-0.3, -0.25) is 0 Å². The summed E-state index contributed by atoms with van der Waals surface area (Å²) in [6.07, 6.45) is 0.819. The normalized spacial score (nSPS) is 23.9. The Balaban J connectivity index is 2.27. The van der Waals surface area contributed by atoms with E-state index in [1.165, 1.54) is 7.11 Å². The molecular weight excluding hydrogens is 338 g/mol. The number of benzene rings is 1. The molecule has 2 atom stereocenters. The molecule has 0 aliphatic carbocycles. The topological polar surface area (TPSA) is 89.5 Å². The van der Waals surface area contributed by atoms with E-state index in [9.17, 15) is 16.8 Å². The van der Waals surface area contributed by atoms with E-state index in [-0.39, 0.29) is 16.4 Å². The molecule has 0 radical (unpaired) electrons. The third kappa shape index (κ3) is 4.32. The number of nitrogens with one attached hydrogen (secondary N) is 1. The largest absolute Gasteiger partial charge is 0.383 e. The monoisotopic (exact) mass is 361 g/mol. The second-order valence-electron chi connectivity index (χ2n) is 5.71. The minimum atomic E-state index is -3.70. The van der Waals surface area contributed by atoms with E-state index in [0.29, 0.717) is 13.2 Å². The number of methoxy groups -OCH3 is 1. The molecular formula is C15H23NO5S2. The maximum atomic E-state index is 12.8. The average Bonchev–Trinajstić information content (AvgIpc) is 2.83. The first-order chi connectivity index (χ1) is 10.8. The van der Waals surface area contributed by atoms with Crippen LogP contribution in [0.1, 0.15) is 12.5 Å². The first-order valence-electron chi connectivity index (χ1n) is 7.55. The van der Waals surface area contributed by atoms with E-state index < -0.39 is 31.0 Å². The van der Waals surface area contributed by atoms with Crippen molar-refractivity contribution >= 4 is 19.7 Å². The van der Waals surface area contributed by atoms with Crippen LogP contribution in [0.25, 0.3) is 0 Å². The molecule has 2 rings (SSSR count). The quantitative estimate of drug-likeness (QED) is 0.708. The smallest absolute Gasteiger partial charge is 0.183 e. The zero-order valence-corrected chi connectivity index (χ0v) is 15.0. The standard InChI is InChI=1S/C15H23NO5S2/c1-3-12-4-6-13(7-5-12)23(19,20)15-11-22(17,18)10-14(15)16-8-9-21-2/h4-7,14-16H,3,8-11H2,1-2H3/t14-,15-/m1/s1. The van der Waals surface area contributed by atoms with Crippen LogP contribution in [-0.4, -0.2) is 59.9 Å². The minimum absolute atomic E-state index is 0.159. The molecule has 23 heavy (non-hydrogen) atoms. The Bertz CT molecular complexity index is 726. The molecule has 0 spiro atoms. The third-order valence-electron chi connectivity index (χ3n) is 4.07. The minimum Gasteiger partial charge on any atom is -0.383 e. The van der Waals surface area contributed by atoms with Crippen molar-refractivity contribution < 1.29 is 21.6 Å². The van der Waals surface area contributed by atoms with Gasteiger partial charge in [0.2, 0.25) is 0 Å². The van der Waals surface area contributed by atoms with Gasteiger partial charge in [-0.05, 0) is 24.1 Å². The Morgan fingerprint density at radius 3 is 2.43 bits per heavy atom. The molecule has 8 heteroatoms. The first-order valence-corrected chi connectivity index (χ1v) is 10.9. The molecule has 1 heterocycles. The molecule has 1 aromatic rings. The van der Waals surface area contributed by atoms with Crippen molar-refractivity contribution in [1.29, 1.82) is 0 Å². The maximum absolute atomic E-state index is 12.8. The second kappa shape index (κ2) is 7.29. The van der Waals surface area contributed by atoms with Gasteiger partial charge in [0.1, 0.15) is 0 Å². The molecule has 1 aliphatic heterocycles. The van der Waals surface area contributed by atoms with Crippen molar-refractivity contribution in [1.82, 2.24) is 5.32 Å². The van der Waals surface area contributed by atoms with Gasteiger partial charge in [-0.15, -0.1) is 0 Å². The highest BCUT2D eigenvalue weighted by atomic mass is 32.2. The first kappa shape index (κ1) is 18.4. The fraction of sp³-hybridized carbons (Fsp3) is 0.600. The number of rotatable bonds is 7. The summed E-state index contributed by atoms with van der Waals surface area (Å²) in [4.78, 5) is 0.176. The molecule has 1 N–H and O–H groups in total. The van der Waals surface area contributed by atoms with Crippen molar-refractivity contribution in [2.45, 2.75) is 29.5 Å². The number of hydrogen-bond donors (Lipinski definition) is 1. The highest BCUT2D eigenvalue weighted by Crippen LogP contribution is 2.26. The molecule has 1 aliphatic rings. The summed E-state index contributed by atoms with van der Waals surface area (Å²) in [7, 11) is -5.53. The molecule has 0 unspecified atom stereocenters. The summed E-state index contributed by atoms with van der Waals surface area (Å²) in [5.41, 5.74) is 1.04. The van der Waals surface area contributed by atoms with Crippen LogP contribution < -0.4 is 5.32 Å². The van der Waals surface area contributed by atoms with Crippen molar-refractivity contribution in [2.24, 2.45) is 0 Å². The van der Waals surface area contributed by atoms with E-state index in [0.717, 1.165) is 12.0 Å². The fourth-order valence-corrected chi connectivity index (χ4v) is 7.46. The van der Waals surface area contributed by atoms with Gasteiger partial charge in [-0.1, -0.05) is 19.1 Å². The lowest BCUT2D eigenvalue weighted by molar-refractivity contribution is 0.196. The lowest BCUT2D eigenvalue weighted by Gasteiger charge is -2.20. The van der Waals surface area contributed by atoms with E-state index in [1.807, 2.05) is 6.92 Å². The fourth-order valence-electron chi connectivity index (χ4n) is 2.75. The maximum Gasteiger partial charge on any atom is 0.183 e. The number of sulfone groups is 2. The predicted molar refractivity (Wildman–Crippen MR) is 89.1 cm³/mol. The third-order valence-corrected chi connectivity index (χ3v) is 8.24. The molecule has 1 fully saturated rings. The predicted octanol–water partition coefficient (Wildman–Crippen LogP) is 0.424. The van der Waals surface area contributed by atoms with E-state index in [2.05, 4.69) is 5.32 Å². The zero-order valence-electron chi connectivity index (χ0n) is 13.4. The van der Waals surface area contributed by atoms with Crippen LogP contribution in [0, 0.1) is 0 Å². The summed E-state index contributed by atoms with van der Waals surface area (Å²) in [6, 6.07) is 6.05. The average molecular weight is 361 g/mol. The van der Waals surface area contributed by atoms with Crippen molar-refractivity contribution in [3.63, 3.8) is 0 Å². The van der Waals surface area contributed by atoms with E-state index in [1.54, 1.807) is 24.3 Å². The van der Waals surface area contributed by atoms with Crippen LogP contribution in [0.3, 0.4) is 0 Å². The second-order valence-corrected chi connectivity index (χ2v) is 10.0. The van der Waals surface area contributed by atoms with Gasteiger partial charge in [0, 0.05) is 19.7 Å². The van der Waals surface area contributed by atoms with Gasteiger partial charge in [-0.2, -0.15) is 0 Å². The molecule has 0 bridgehead atoms. The van der Waals surface area contributed by atoms with Gasteiger partial charge in [0.25, 0.3) is 0 Å². The van der Waals surface area contributed by atoms with Crippen LogP contribution in [0.15, 0.2) is 29.2 Å². The van der Waals surface area contributed by atoms with Gasteiger partial charge in [-0.25, -0.2) is 16.8 Å². The Morgan fingerprint density at radius 2 is 1.87 bits per heavy atom. The van der Waals surface area contributed by atoms with Crippen LogP contribution >= 0.6 is 0 Å². The summed E-state index contributed by atoms with van der Waals surface area (Å²) in [5.74, 6) is -0.497. The molecule has 0 saturated carbocycles. The highest BCUT2D eigenvalue weighted by Gasteiger charge is 2.45. The number of hydrogen-bond acceptors (Lipinski definition) is 6. The van der Waals surface area contributed by atoms with Gasteiger partial charge in [0.15, 0.2) is 19.7 Å². The Labute approximate surface area is 138 Å². The van der Waals surface area contributed by atoms with Crippen molar-refractivity contribution in [3.05, 3.63) is 29.8 Å². The molecule has 0 amide bonds. The molecule has 130 valence electrons. The summed E-state index contributed by atoms with van der Waals surface area (Å²) < 4.78 is 54.4. The van der Waals surface area contributed by atoms with Crippen LogP contribution in [0.4, 0.5) is 0 Å². The lowest BCUT2D eigenvalue weighted by Crippen LogP contribution is -2.44. The molecule has 1 saturated heterocycles. The summed E-state index contributed by atoms with van der Waals surface area (Å²) in [5, 5.41) is 2.04. The summed E-state index contributed by atoms with van der Waals surface area (Å²) in [6.45, 7) is 2.80. The SMILES string of the molecule is CCc1ccc(S(=O)(=O)[C@@H]2CS(=O)(=O)C[C@H]2NCCOC)cc1. The lowest BCUT2D eigenvalue weighted by atomic mass is 10.2. The number of aryl methyl sites for hydroxylation is 1. The van der Waals surface area contributed by atoms with Gasteiger partial charge < -0.3 is 10.1 Å². The summed E-state index contributed by atoms with van der Waals surface area (Å²) >= 11 is 0. The van der Waals surface area contributed by atoms with Crippen molar-refractivity contribution in [3.8, 4) is 0 Å².